The van der Waals surface area contributed by atoms with Gasteiger partial charge in [-0.1, -0.05) is 41.6 Å². The highest BCUT2D eigenvalue weighted by molar-refractivity contribution is 5.80. The zero-order valence-electron chi connectivity index (χ0n) is 15.2. The molecule has 0 fully saturated rings. The number of nitrogens with two attached hydrogens (primary N) is 1. The zero-order valence-corrected chi connectivity index (χ0v) is 15.2. The molecule has 29 heavy (non-hydrogen) atoms. The molecule has 0 saturated carbocycles. The molecule has 0 unspecified atom stereocenters. The second-order valence-electron chi connectivity index (χ2n) is 6.89. The summed E-state index contributed by atoms with van der Waals surface area (Å²) in [5, 5.41) is 3.79. The van der Waals surface area contributed by atoms with Crippen LogP contribution < -0.4 is 5.73 Å². The van der Waals surface area contributed by atoms with Gasteiger partial charge in [-0.2, -0.15) is 18.2 Å². The number of alkyl halides is 3. The Morgan fingerprint density at radius 3 is 2.66 bits per heavy atom. The van der Waals surface area contributed by atoms with Gasteiger partial charge in [0, 0.05) is 12.1 Å². The number of hydrogen-bond acceptors (Lipinski definition) is 5. The van der Waals surface area contributed by atoms with Crippen LogP contribution in [0.3, 0.4) is 0 Å². The summed E-state index contributed by atoms with van der Waals surface area (Å²) in [5.41, 5.74) is 7.11. The Morgan fingerprint density at radius 2 is 1.93 bits per heavy atom. The van der Waals surface area contributed by atoms with Crippen LogP contribution in [0.5, 0.6) is 0 Å². The van der Waals surface area contributed by atoms with Crippen LogP contribution in [0.25, 0.3) is 11.4 Å². The molecule has 1 aromatic heterocycles. The number of primary amides is 1. The van der Waals surface area contributed by atoms with Crippen LogP contribution in [0, 0.1) is 0 Å². The van der Waals surface area contributed by atoms with Gasteiger partial charge in [0.05, 0.1) is 18.2 Å². The molecular weight excluding hydrogens is 385 g/mol. The Kier molecular flexibility index (Phi) is 4.83. The normalized spacial score (nSPS) is 17.1. The summed E-state index contributed by atoms with van der Waals surface area (Å²) >= 11 is 0. The van der Waals surface area contributed by atoms with E-state index in [9.17, 15) is 18.0 Å². The predicted octanol–water partition coefficient (Wildman–Crippen LogP) is 3.17. The summed E-state index contributed by atoms with van der Waals surface area (Å²) in [5.74, 6) is -0.209. The number of amides is 1. The fourth-order valence-corrected chi connectivity index (χ4v) is 3.47. The van der Waals surface area contributed by atoms with Gasteiger partial charge < -0.3 is 10.3 Å². The molecule has 0 spiro atoms. The number of hydrogen-bond donors (Lipinski definition) is 1. The van der Waals surface area contributed by atoms with Gasteiger partial charge >= 0.3 is 6.18 Å². The lowest BCUT2D eigenvalue weighted by atomic mass is 9.93. The average molecular weight is 402 g/mol. The Hall–Kier alpha value is -3.20. The molecule has 1 amide bonds. The molecule has 0 bridgehead atoms. The molecule has 2 N–H and O–H groups in total. The van der Waals surface area contributed by atoms with E-state index in [-0.39, 0.29) is 23.8 Å². The van der Waals surface area contributed by atoms with Crippen molar-refractivity contribution in [2.45, 2.75) is 31.7 Å². The van der Waals surface area contributed by atoms with Crippen LogP contribution in [-0.2, 0) is 30.5 Å². The quantitative estimate of drug-likeness (QED) is 0.725. The molecule has 0 radical (unpaired) electrons. The van der Waals surface area contributed by atoms with Crippen LogP contribution in [0.1, 0.15) is 22.6 Å². The number of benzene rings is 2. The van der Waals surface area contributed by atoms with E-state index in [4.69, 9.17) is 10.3 Å². The summed E-state index contributed by atoms with van der Waals surface area (Å²) in [6.07, 6.45) is -3.99. The van der Waals surface area contributed by atoms with E-state index < -0.39 is 23.7 Å². The molecule has 1 aliphatic heterocycles. The fourth-order valence-electron chi connectivity index (χ4n) is 3.47. The SMILES string of the molecule is NC(=O)[C@@H]1Cc2ccccc2CN1Cc1nc(-c2cccc(C(F)(F)F)c2)no1. The molecule has 4 rings (SSSR count). The summed E-state index contributed by atoms with van der Waals surface area (Å²) in [6.45, 7) is 0.638. The molecule has 2 heterocycles. The number of carbonyl (C=O) groups excluding carboxylic acids is 1. The minimum absolute atomic E-state index is 0.0548. The third-order valence-electron chi connectivity index (χ3n) is 4.93. The zero-order chi connectivity index (χ0) is 20.6. The van der Waals surface area contributed by atoms with Crippen molar-refractivity contribution in [1.82, 2.24) is 15.0 Å². The van der Waals surface area contributed by atoms with Crippen molar-refractivity contribution in [2.24, 2.45) is 5.73 Å². The van der Waals surface area contributed by atoms with Gasteiger partial charge in [0.1, 0.15) is 0 Å². The van der Waals surface area contributed by atoms with Crippen molar-refractivity contribution in [3.63, 3.8) is 0 Å². The van der Waals surface area contributed by atoms with E-state index >= 15 is 0 Å². The third kappa shape index (κ3) is 4.00. The van der Waals surface area contributed by atoms with Crippen molar-refractivity contribution in [3.05, 3.63) is 71.1 Å². The first kappa shape index (κ1) is 19.1. The lowest BCUT2D eigenvalue weighted by molar-refractivity contribution is -0.137. The highest BCUT2D eigenvalue weighted by Crippen LogP contribution is 2.31. The van der Waals surface area contributed by atoms with Crippen LogP contribution >= 0.6 is 0 Å². The number of halogens is 3. The van der Waals surface area contributed by atoms with Gasteiger partial charge in [-0.15, -0.1) is 0 Å². The first-order valence-electron chi connectivity index (χ1n) is 8.91. The molecular formula is C20H17F3N4O2. The second kappa shape index (κ2) is 7.32. The summed E-state index contributed by atoms with van der Waals surface area (Å²) in [4.78, 5) is 18.0. The van der Waals surface area contributed by atoms with Gasteiger partial charge in [0.15, 0.2) is 0 Å². The number of aromatic nitrogens is 2. The standard InChI is InChI=1S/C20H17F3N4O2/c21-20(22,23)15-7-3-6-13(8-15)19-25-17(29-26-19)11-27-10-14-5-2-1-4-12(14)9-16(27)18(24)28/h1-8,16H,9-11H2,(H2,24,28)/t16-/m0/s1. The maximum Gasteiger partial charge on any atom is 0.416 e. The topological polar surface area (TPSA) is 85.3 Å². The van der Waals surface area contributed by atoms with Crippen LogP contribution in [0.4, 0.5) is 13.2 Å². The van der Waals surface area contributed by atoms with E-state index in [1.807, 2.05) is 29.2 Å². The molecule has 6 nitrogen and oxygen atoms in total. The predicted molar refractivity (Wildman–Crippen MR) is 97.1 cm³/mol. The van der Waals surface area contributed by atoms with Crippen molar-refractivity contribution in [3.8, 4) is 11.4 Å². The summed E-state index contributed by atoms with van der Waals surface area (Å²) < 4.78 is 44.0. The Bertz CT molecular complexity index is 1050. The van der Waals surface area contributed by atoms with Gasteiger partial charge in [-0.3, -0.25) is 9.69 Å². The molecule has 2 aromatic carbocycles. The average Bonchev–Trinajstić information content (AvgIpc) is 3.15. The van der Waals surface area contributed by atoms with Crippen molar-refractivity contribution < 1.29 is 22.5 Å². The number of carbonyl (C=O) groups is 1. The largest absolute Gasteiger partial charge is 0.416 e. The van der Waals surface area contributed by atoms with Crippen molar-refractivity contribution in [1.29, 1.82) is 0 Å². The maximum atomic E-state index is 12.9. The van der Waals surface area contributed by atoms with Crippen LogP contribution in [-0.4, -0.2) is 27.0 Å². The molecule has 9 heteroatoms. The molecule has 3 aromatic rings. The van der Waals surface area contributed by atoms with E-state index in [0.29, 0.717) is 13.0 Å². The summed E-state index contributed by atoms with van der Waals surface area (Å²) in [6, 6.07) is 11.9. The molecule has 0 saturated heterocycles. The van der Waals surface area contributed by atoms with Crippen LogP contribution in [0.15, 0.2) is 53.1 Å². The van der Waals surface area contributed by atoms with Crippen LogP contribution in [0.2, 0.25) is 0 Å². The minimum atomic E-state index is -4.46. The molecule has 0 aliphatic carbocycles. The lowest BCUT2D eigenvalue weighted by Gasteiger charge is -2.33. The first-order chi connectivity index (χ1) is 13.8. The number of rotatable bonds is 4. The Morgan fingerprint density at radius 1 is 1.17 bits per heavy atom. The fraction of sp³-hybridized carbons (Fsp3) is 0.250. The third-order valence-corrected chi connectivity index (χ3v) is 4.93. The summed E-state index contributed by atoms with van der Waals surface area (Å²) in [7, 11) is 0. The second-order valence-corrected chi connectivity index (χ2v) is 6.89. The maximum absolute atomic E-state index is 12.9. The van der Waals surface area contributed by atoms with E-state index in [0.717, 1.165) is 23.3 Å². The first-order valence-corrected chi connectivity index (χ1v) is 8.91. The highest BCUT2D eigenvalue weighted by atomic mass is 19.4. The van der Waals surface area contributed by atoms with Crippen molar-refractivity contribution >= 4 is 5.91 Å². The minimum Gasteiger partial charge on any atom is -0.368 e. The molecule has 1 atom stereocenters. The number of nitrogens with zero attached hydrogens (tertiary/aromatic N) is 3. The molecule has 150 valence electrons. The molecule has 1 aliphatic rings. The van der Waals surface area contributed by atoms with Gasteiger partial charge in [0.25, 0.3) is 0 Å². The van der Waals surface area contributed by atoms with Gasteiger partial charge in [-0.25, -0.2) is 0 Å². The lowest BCUT2D eigenvalue weighted by Crippen LogP contribution is -2.48. The van der Waals surface area contributed by atoms with E-state index in [1.165, 1.54) is 12.1 Å². The van der Waals surface area contributed by atoms with E-state index in [1.54, 1.807) is 0 Å². The Balaban J connectivity index is 1.57. The highest BCUT2D eigenvalue weighted by Gasteiger charge is 2.32. The smallest absolute Gasteiger partial charge is 0.368 e. The van der Waals surface area contributed by atoms with E-state index in [2.05, 4.69) is 10.1 Å². The monoisotopic (exact) mass is 402 g/mol. The Labute approximate surface area is 164 Å². The van der Waals surface area contributed by atoms with Gasteiger partial charge in [0.2, 0.25) is 17.6 Å². The number of fused-ring (bicyclic) bond motifs is 1. The van der Waals surface area contributed by atoms with Gasteiger partial charge in [-0.05, 0) is 29.7 Å². The van der Waals surface area contributed by atoms with Crippen molar-refractivity contribution in [2.75, 3.05) is 0 Å².